The Hall–Kier alpha value is -3.65. The van der Waals surface area contributed by atoms with Gasteiger partial charge in [0, 0.05) is 11.5 Å². The van der Waals surface area contributed by atoms with Crippen LogP contribution in [0.2, 0.25) is 0 Å². The topological polar surface area (TPSA) is 26.3 Å². The van der Waals surface area contributed by atoms with Gasteiger partial charge >= 0.3 is 5.97 Å². The molecule has 0 heterocycles. The highest BCUT2D eigenvalue weighted by Crippen LogP contribution is 2.33. The first kappa shape index (κ1) is 15.6. The van der Waals surface area contributed by atoms with Gasteiger partial charge in [0.15, 0.2) is 0 Å². The van der Waals surface area contributed by atoms with E-state index in [0.29, 0.717) is 5.75 Å². The third-order valence-corrected chi connectivity index (χ3v) is 4.99. The van der Waals surface area contributed by atoms with Crippen LogP contribution in [0.5, 0.6) is 5.75 Å². The normalized spacial score (nSPS) is 11.3. The van der Waals surface area contributed by atoms with Crippen LogP contribution in [0, 0.1) is 0 Å². The smallest absolute Gasteiger partial charge is 0.335 e. The molecule has 2 heteroatoms. The van der Waals surface area contributed by atoms with E-state index in [-0.39, 0.29) is 0 Å². The Morgan fingerprint density at radius 1 is 0.667 bits per heavy atom. The van der Waals surface area contributed by atoms with Gasteiger partial charge in [-0.05, 0) is 80.2 Å². The number of esters is 1. The highest BCUT2D eigenvalue weighted by Gasteiger charge is 2.08. The molecule has 0 saturated carbocycles. The zero-order valence-electron chi connectivity index (χ0n) is 14.6. The molecule has 0 N–H and O–H groups in total. The molecule has 0 radical (unpaired) electrons. The van der Waals surface area contributed by atoms with Gasteiger partial charge in [0.2, 0.25) is 0 Å². The van der Waals surface area contributed by atoms with Crippen LogP contribution in [0.4, 0.5) is 0 Å². The van der Waals surface area contributed by atoms with Gasteiger partial charge in [-0.25, -0.2) is 4.79 Å². The lowest BCUT2D eigenvalue weighted by molar-refractivity contribution is -0.128. The molecule has 5 aromatic carbocycles. The second-order valence-electron chi connectivity index (χ2n) is 6.70. The van der Waals surface area contributed by atoms with Crippen molar-refractivity contribution in [3.05, 3.63) is 91.5 Å². The summed E-state index contributed by atoms with van der Waals surface area (Å²) in [6.45, 7) is 3.47. The number of rotatable bonds is 2. The van der Waals surface area contributed by atoms with Gasteiger partial charge in [0.25, 0.3) is 0 Å². The average Bonchev–Trinajstić information content (AvgIpc) is 2.69. The van der Waals surface area contributed by atoms with Gasteiger partial charge in [0.05, 0.1) is 0 Å². The number of carbonyl (C=O) groups is 1. The van der Waals surface area contributed by atoms with Crippen molar-refractivity contribution in [2.45, 2.75) is 0 Å². The Labute approximate surface area is 156 Å². The van der Waals surface area contributed by atoms with Crippen LogP contribution in [0.1, 0.15) is 0 Å². The minimum Gasteiger partial charge on any atom is -0.423 e. The minimum absolute atomic E-state index is 0.451. The summed E-state index contributed by atoms with van der Waals surface area (Å²) in [6.07, 6.45) is 1.18. The fraction of sp³-hybridized carbons (Fsp3) is 0. The lowest BCUT2D eigenvalue weighted by Gasteiger charge is -2.10. The van der Waals surface area contributed by atoms with E-state index in [9.17, 15) is 4.79 Å². The Morgan fingerprint density at radius 2 is 1.19 bits per heavy atom. The van der Waals surface area contributed by atoms with Crippen molar-refractivity contribution >= 4 is 49.1 Å². The quantitative estimate of drug-likeness (QED) is 0.160. The van der Waals surface area contributed by atoms with Gasteiger partial charge in [-0.1, -0.05) is 43.0 Å². The predicted octanol–water partition coefficient (Wildman–Crippen LogP) is 6.39. The largest absolute Gasteiger partial charge is 0.423 e. The third-order valence-electron chi connectivity index (χ3n) is 4.99. The van der Waals surface area contributed by atoms with E-state index < -0.39 is 5.97 Å². The Kier molecular flexibility index (Phi) is 3.44. The van der Waals surface area contributed by atoms with E-state index in [1.54, 1.807) is 0 Å². The molecule has 0 unspecified atom stereocenters. The molecule has 0 bridgehead atoms. The van der Waals surface area contributed by atoms with Crippen LogP contribution in [-0.2, 0) is 4.79 Å². The molecular formula is C25H16O2. The summed E-state index contributed by atoms with van der Waals surface area (Å²) in [5, 5.41) is 9.12. The second kappa shape index (κ2) is 5.96. The zero-order valence-corrected chi connectivity index (χ0v) is 14.6. The van der Waals surface area contributed by atoms with Crippen LogP contribution >= 0.6 is 0 Å². The van der Waals surface area contributed by atoms with Crippen LogP contribution in [0.25, 0.3) is 43.1 Å². The van der Waals surface area contributed by atoms with Crippen molar-refractivity contribution in [3.63, 3.8) is 0 Å². The highest BCUT2D eigenvalue weighted by atomic mass is 16.5. The molecule has 2 nitrogen and oxygen atoms in total. The summed E-state index contributed by atoms with van der Waals surface area (Å²) in [7, 11) is 0. The number of hydrogen-bond donors (Lipinski definition) is 0. The van der Waals surface area contributed by atoms with E-state index in [2.05, 4.69) is 67.2 Å². The van der Waals surface area contributed by atoms with E-state index in [4.69, 9.17) is 4.74 Å². The van der Waals surface area contributed by atoms with Crippen molar-refractivity contribution in [2.24, 2.45) is 0 Å². The standard InChI is InChI=1S/C25H16O2/c1-2-25(26)27-24-9-5-8-18-12-21-13-19-10-16-6-3-4-7-17(16)11-20(19)14-22(21)15-23(18)24/h2-15H,1H2. The van der Waals surface area contributed by atoms with E-state index >= 15 is 0 Å². The molecule has 0 fully saturated rings. The van der Waals surface area contributed by atoms with Crippen LogP contribution in [-0.4, -0.2) is 5.97 Å². The van der Waals surface area contributed by atoms with Crippen LogP contribution in [0.3, 0.4) is 0 Å². The summed E-state index contributed by atoms with van der Waals surface area (Å²) in [5.41, 5.74) is 0. The highest BCUT2D eigenvalue weighted by molar-refractivity contribution is 6.09. The maximum Gasteiger partial charge on any atom is 0.335 e. The van der Waals surface area contributed by atoms with Gasteiger partial charge in [-0.3, -0.25) is 0 Å². The maximum absolute atomic E-state index is 11.6. The Bertz CT molecular complexity index is 1380. The van der Waals surface area contributed by atoms with Gasteiger partial charge < -0.3 is 4.74 Å². The molecule has 5 aromatic rings. The van der Waals surface area contributed by atoms with Crippen molar-refractivity contribution < 1.29 is 9.53 Å². The van der Waals surface area contributed by atoms with Crippen molar-refractivity contribution in [3.8, 4) is 5.75 Å². The van der Waals surface area contributed by atoms with Crippen molar-refractivity contribution in [1.82, 2.24) is 0 Å². The lowest BCUT2D eigenvalue weighted by atomic mass is 9.97. The Balaban J connectivity index is 1.79. The molecule has 0 atom stereocenters. The van der Waals surface area contributed by atoms with E-state index in [1.807, 2.05) is 18.2 Å². The first-order valence-corrected chi connectivity index (χ1v) is 8.84. The van der Waals surface area contributed by atoms with E-state index in [0.717, 1.165) is 21.5 Å². The molecule has 128 valence electrons. The second-order valence-corrected chi connectivity index (χ2v) is 6.70. The fourth-order valence-electron chi connectivity index (χ4n) is 3.68. The molecule has 27 heavy (non-hydrogen) atoms. The van der Waals surface area contributed by atoms with Crippen LogP contribution in [0.15, 0.2) is 91.5 Å². The molecule has 0 saturated heterocycles. The van der Waals surface area contributed by atoms with Gasteiger partial charge in [0.1, 0.15) is 5.75 Å². The molecule has 0 spiro atoms. The molecule has 0 aliphatic heterocycles. The summed E-state index contributed by atoms with van der Waals surface area (Å²) >= 11 is 0. The molecule has 0 aromatic heterocycles. The summed E-state index contributed by atoms with van der Waals surface area (Å²) in [4.78, 5) is 11.6. The molecule has 0 aliphatic carbocycles. The fourth-order valence-corrected chi connectivity index (χ4v) is 3.68. The zero-order chi connectivity index (χ0) is 18.4. The van der Waals surface area contributed by atoms with Crippen molar-refractivity contribution in [2.75, 3.05) is 0 Å². The van der Waals surface area contributed by atoms with E-state index in [1.165, 1.54) is 27.6 Å². The first-order valence-electron chi connectivity index (χ1n) is 8.84. The molecule has 0 amide bonds. The van der Waals surface area contributed by atoms with Crippen LogP contribution < -0.4 is 4.74 Å². The molecule has 0 aliphatic rings. The number of carbonyl (C=O) groups excluding carboxylic acids is 1. The van der Waals surface area contributed by atoms with Gasteiger partial charge in [-0.2, -0.15) is 0 Å². The summed E-state index contributed by atoms with van der Waals surface area (Å²) < 4.78 is 5.41. The number of hydrogen-bond acceptors (Lipinski definition) is 2. The predicted molar refractivity (Wildman–Crippen MR) is 112 cm³/mol. The summed E-state index contributed by atoms with van der Waals surface area (Å²) in [5.74, 6) is 0.102. The number of benzene rings is 5. The number of fused-ring (bicyclic) bond motifs is 4. The Morgan fingerprint density at radius 3 is 1.81 bits per heavy atom. The monoisotopic (exact) mass is 348 g/mol. The SMILES string of the molecule is C=CC(=O)Oc1cccc2cc3cc4cc5ccccc5cc4cc3cc12. The maximum atomic E-state index is 11.6. The molecule has 5 rings (SSSR count). The molecular weight excluding hydrogens is 332 g/mol. The third kappa shape index (κ3) is 2.63. The minimum atomic E-state index is -0.451. The lowest BCUT2D eigenvalue weighted by Crippen LogP contribution is -2.03. The van der Waals surface area contributed by atoms with Crippen molar-refractivity contribution in [1.29, 1.82) is 0 Å². The first-order chi connectivity index (χ1) is 13.2. The van der Waals surface area contributed by atoms with Gasteiger partial charge in [-0.15, -0.1) is 0 Å². The summed E-state index contributed by atoms with van der Waals surface area (Å²) in [6, 6.07) is 27.2. The number of ether oxygens (including phenoxy) is 1. The average molecular weight is 348 g/mol.